The lowest BCUT2D eigenvalue weighted by atomic mass is 9.90. The Morgan fingerprint density at radius 1 is 1.46 bits per heavy atom. The molecule has 0 radical (unpaired) electrons. The molecule has 2 aliphatic rings. The Kier molecular flexibility index (Phi) is 2.37. The number of ether oxygens (including phenoxy) is 2. The Labute approximate surface area is 84.4 Å². The Balaban J connectivity index is 2.29. The van der Waals surface area contributed by atoms with Crippen LogP contribution in [0, 0.1) is 0 Å². The van der Waals surface area contributed by atoms with Crippen molar-refractivity contribution in [3.05, 3.63) is 0 Å². The number of hydrogen-bond acceptors (Lipinski definition) is 3. The lowest BCUT2D eigenvalue weighted by Crippen LogP contribution is -2.44. The van der Waals surface area contributed by atoms with Crippen LogP contribution in [0.1, 0.15) is 27.2 Å². The van der Waals surface area contributed by atoms with E-state index in [0.717, 1.165) is 6.42 Å². The highest BCUT2D eigenvalue weighted by molar-refractivity contribution is 8.01. The summed E-state index contributed by atoms with van der Waals surface area (Å²) >= 11 is 2.03. The topological polar surface area (TPSA) is 18.5 Å². The van der Waals surface area contributed by atoms with E-state index in [4.69, 9.17) is 9.47 Å². The van der Waals surface area contributed by atoms with Crippen LogP contribution in [0.5, 0.6) is 0 Å². The van der Waals surface area contributed by atoms with Crippen molar-refractivity contribution in [3.8, 4) is 0 Å². The standard InChI is InChI=1S/C10H18O2S/c1-5-10-7(3)13-8(6(2)12-10)9(10)11-4/h6-9H,5H2,1-4H3/t6-,7?,8-,9-,10-/m0/s1. The third-order valence-corrected chi connectivity index (χ3v) is 5.26. The molecule has 0 saturated carbocycles. The molecule has 0 aliphatic carbocycles. The van der Waals surface area contributed by atoms with Crippen LogP contribution >= 0.6 is 11.8 Å². The highest BCUT2D eigenvalue weighted by Gasteiger charge is 2.62. The van der Waals surface area contributed by atoms with Crippen LogP contribution < -0.4 is 0 Å². The van der Waals surface area contributed by atoms with Crippen LogP contribution in [0.2, 0.25) is 0 Å². The van der Waals surface area contributed by atoms with Gasteiger partial charge in [-0.15, -0.1) is 11.8 Å². The average molecular weight is 202 g/mol. The van der Waals surface area contributed by atoms with E-state index in [9.17, 15) is 0 Å². The second-order valence-electron chi connectivity index (χ2n) is 4.03. The Hall–Kier alpha value is 0.270. The molecule has 0 amide bonds. The third kappa shape index (κ3) is 1.10. The first-order chi connectivity index (χ1) is 6.15. The molecule has 2 nitrogen and oxygen atoms in total. The van der Waals surface area contributed by atoms with Gasteiger partial charge in [-0.2, -0.15) is 0 Å². The zero-order chi connectivity index (χ0) is 9.64. The summed E-state index contributed by atoms with van der Waals surface area (Å²) < 4.78 is 11.7. The van der Waals surface area contributed by atoms with Crippen molar-refractivity contribution in [2.24, 2.45) is 0 Å². The summed E-state index contributed by atoms with van der Waals surface area (Å²) in [6.45, 7) is 6.61. The zero-order valence-electron chi connectivity index (χ0n) is 8.74. The van der Waals surface area contributed by atoms with Gasteiger partial charge in [0.15, 0.2) is 0 Å². The summed E-state index contributed by atoms with van der Waals surface area (Å²) in [5, 5.41) is 1.11. The molecule has 13 heavy (non-hydrogen) atoms. The monoisotopic (exact) mass is 202 g/mol. The summed E-state index contributed by atoms with van der Waals surface area (Å²) in [6, 6.07) is 0. The van der Waals surface area contributed by atoms with Crippen molar-refractivity contribution < 1.29 is 9.47 Å². The van der Waals surface area contributed by atoms with Crippen molar-refractivity contribution in [2.75, 3.05) is 7.11 Å². The Morgan fingerprint density at radius 2 is 2.15 bits per heavy atom. The van der Waals surface area contributed by atoms with Crippen LogP contribution in [0.25, 0.3) is 0 Å². The zero-order valence-corrected chi connectivity index (χ0v) is 9.56. The smallest absolute Gasteiger partial charge is 0.107 e. The molecule has 1 unspecified atom stereocenters. The van der Waals surface area contributed by atoms with E-state index in [1.165, 1.54) is 0 Å². The van der Waals surface area contributed by atoms with Crippen LogP contribution in [0.15, 0.2) is 0 Å². The highest BCUT2D eigenvalue weighted by Crippen LogP contribution is 2.54. The maximum absolute atomic E-state index is 6.07. The lowest BCUT2D eigenvalue weighted by molar-refractivity contribution is -0.0883. The van der Waals surface area contributed by atoms with Gasteiger partial charge in [0, 0.05) is 12.4 Å². The highest BCUT2D eigenvalue weighted by atomic mass is 32.2. The first kappa shape index (κ1) is 9.81. The van der Waals surface area contributed by atoms with Gasteiger partial charge in [0.1, 0.15) is 11.7 Å². The minimum atomic E-state index is -0.0104. The summed E-state index contributed by atoms with van der Waals surface area (Å²) in [5.41, 5.74) is -0.0104. The van der Waals surface area contributed by atoms with Crippen molar-refractivity contribution in [2.45, 2.75) is 55.5 Å². The third-order valence-electron chi connectivity index (χ3n) is 3.50. The van der Waals surface area contributed by atoms with Gasteiger partial charge in [0.05, 0.1) is 11.4 Å². The van der Waals surface area contributed by atoms with Crippen molar-refractivity contribution in [1.82, 2.24) is 0 Å². The van der Waals surface area contributed by atoms with Gasteiger partial charge < -0.3 is 9.47 Å². The molecule has 0 spiro atoms. The summed E-state index contributed by atoms with van der Waals surface area (Å²) in [5.74, 6) is 0. The molecule has 2 bridgehead atoms. The number of fused-ring (bicyclic) bond motifs is 2. The first-order valence-corrected chi connectivity index (χ1v) is 5.96. The van der Waals surface area contributed by atoms with E-state index in [2.05, 4.69) is 20.8 Å². The molecule has 2 fully saturated rings. The van der Waals surface area contributed by atoms with E-state index in [1.54, 1.807) is 0 Å². The molecule has 2 aliphatic heterocycles. The van der Waals surface area contributed by atoms with E-state index in [0.29, 0.717) is 22.7 Å². The van der Waals surface area contributed by atoms with Gasteiger partial charge in [0.25, 0.3) is 0 Å². The fraction of sp³-hybridized carbons (Fsp3) is 1.00. The minimum Gasteiger partial charge on any atom is -0.377 e. The predicted octanol–water partition coefficient (Wildman–Crippen LogP) is 2.07. The van der Waals surface area contributed by atoms with Gasteiger partial charge in [-0.25, -0.2) is 0 Å². The van der Waals surface area contributed by atoms with Crippen LogP contribution in [-0.4, -0.2) is 35.4 Å². The molecule has 3 heteroatoms. The summed E-state index contributed by atoms with van der Waals surface area (Å²) in [7, 11) is 1.81. The molecular weight excluding hydrogens is 184 g/mol. The van der Waals surface area contributed by atoms with E-state index in [1.807, 2.05) is 18.9 Å². The van der Waals surface area contributed by atoms with Gasteiger partial charge in [-0.1, -0.05) is 13.8 Å². The molecule has 2 saturated heterocycles. The van der Waals surface area contributed by atoms with E-state index >= 15 is 0 Å². The van der Waals surface area contributed by atoms with Crippen molar-refractivity contribution in [3.63, 3.8) is 0 Å². The van der Waals surface area contributed by atoms with Gasteiger partial charge in [0.2, 0.25) is 0 Å². The van der Waals surface area contributed by atoms with E-state index < -0.39 is 0 Å². The van der Waals surface area contributed by atoms with Crippen molar-refractivity contribution in [1.29, 1.82) is 0 Å². The molecule has 5 atom stereocenters. The van der Waals surface area contributed by atoms with E-state index in [-0.39, 0.29) is 5.60 Å². The minimum absolute atomic E-state index is 0.0104. The van der Waals surface area contributed by atoms with Gasteiger partial charge in [-0.3, -0.25) is 0 Å². The van der Waals surface area contributed by atoms with Crippen LogP contribution in [0.4, 0.5) is 0 Å². The molecule has 0 N–H and O–H groups in total. The Bertz CT molecular complexity index is 209. The average Bonchev–Trinajstić information content (AvgIpc) is 2.54. The van der Waals surface area contributed by atoms with Gasteiger partial charge in [-0.05, 0) is 13.3 Å². The second kappa shape index (κ2) is 3.14. The number of thioether (sulfide) groups is 1. The number of rotatable bonds is 2. The predicted molar refractivity (Wildman–Crippen MR) is 55.2 cm³/mol. The summed E-state index contributed by atoms with van der Waals surface area (Å²) in [6.07, 6.45) is 1.71. The molecule has 2 rings (SSSR count). The number of hydrogen-bond donors (Lipinski definition) is 0. The molecule has 76 valence electrons. The second-order valence-corrected chi connectivity index (χ2v) is 5.55. The fourth-order valence-corrected chi connectivity index (χ4v) is 4.59. The van der Waals surface area contributed by atoms with Crippen LogP contribution in [0.3, 0.4) is 0 Å². The quantitative estimate of drug-likeness (QED) is 0.683. The maximum atomic E-state index is 6.07. The summed E-state index contributed by atoms with van der Waals surface area (Å²) in [4.78, 5) is 0. The molecule has 0 aromatic heterocycles. The SMILES string of the molecule is CC[C@]12O[C@@H](C)[C@H](SC1C)[C@@H]2OC. The molecular formula is C10H18O2S. The number of methoxy groups -OCH3 is 1. The molecule has 0 aromatic carbocycles. The Morgan fingerprint density at radius 3 is 2.62 bits per heavy atom. The first-order valence-electron chi connectivity index (χ1n) is 5.01. The van der Waals surface area contributed by atoms with Gasteiger partial charge >= 0.3 is 0 Å². The lowest BCUT2D eigenvalue weighted by Gasteiger charge is -2.34. The molecule has 2 heterocycles. The van der Waals surface area contributed by atoms with Crippen molar-refractivity contribution >= 4 is 11.8 Å². The maximum Gasteiger partial charge on any atom is 0.107 e. The normalized spacial score (nSPS) is 54.5. The fourth-order valence-electron chi connectivity index (χ4n) is 2.77. The largest absolute Gasteiger partial charge is 0.377 e. The molecule has 0 aromatic rings. The van der Waals surface area contributed by atoms with Crippen LogP contribution in [-0.2, 0) is 9.47 Å².